The number of rotatable bonds is 4. The molecule has 2 amide bonds. The molecule has 1 aliphatic rings. The van der Waals surface area contributed by atoms with Gasteiger partial charge in [-0.1, -0.05) is 30.7 Å². The molecule has 0 spiro atoms. The molecule has 3 heterocycles. The zero-order valence-corrected chi connectivity index (χ0v) is 19.2. The van der Waals surface area contributed by atoms with Crippen LogP contribution in [0.5, 0.6) is 11.5 Å². The van der Waals surface area contributed by atoms with E-state index in [1.165, 1.54) is 17.8 Å². The number of hydrogen-bond acceptors (Lipinski definition) is 5. The van der Waals surface area contributed by atoms with Crippen LogP contribution in [0, 0.1) is 12.8 Å². The Bertz CT molecular complexity index is 1210. The molecule has 1 atom stereocenters. The Labute approximate surface area is 200 Å². The van der Waals surface area contributed by atoms with Crippen LogP contribution in [-0.4, -0.2) is 39.0 Å². The largest absolute Gasteiger partial charge is 0.456 e. The van der Waals surface area contributed by atoms with Crippen molar-refractivity contribution < 1.29 is 22.7 Å². The molecule has 0 saturated carbocycles. The monoisotopic (exact) mass is 483 g/mol. The first-order chi connectivity index (χ1) is 16.7. The highest BCUT2D eigenvalue weighted by atomic mass is 19.4. The second-order valence-corrected chi connectivity index (χ2v) is 8.34. The Morgan fingerprint density at radius 3 is 2.60 bits per heavy atom. The molecule has 182 valence electrons. The molecule has 1 aliphatic heterocycles. The van der Waals surface area contributed by atoms with Crippen LogP contribution in [0.4, 0.5) is 23.8 Å². The molecular formula is C25H24F3N5O2. The third kappa shape index (κ3) is 6.34. The number of aryl methyl sites for hydroxylation is 1. The SMILES string of the molecule is Cc1cnc(NC(=O)N2CC/C(=C\c3cccc(Oc4ccc(C(F)(F)F)nc4)c3)C(C)C2)cn1. The quantitative estimate of drug-likeness (QED) is 0.496. The lowest BCUT2D eigenvalue weighted by atomic mass is 9.91. The molecule has 1 fully saturated rings. The second-order valence-electron chi connectivity index (χ2n) is 8.34. The summed E-state index contributed by atoms with van der Waals surface area (Å²) >= 11 is 0. The number of piperidine rings is 1. The fourth-order valence-corrected chi connectivity index (χ4v) is 3.72. The van der Waals surface area contributed by atoms with Gasteiger partial charge in [0.05, 0.1) is 24.3 Å². The van der Waals surface area contributed by atoms with Crippen molar-refractivity contribution in [1.29, 1.82) is 0 Å². The van der Waals surface area contributed by atoms with Gasteiger partial charge in [0, 0.05) is 13.1 Å². The molecular weight excluding hydrogens is 459 g/mol. The standard InChI is InChI=1S/C25H24F3N5O2/c1-16-15-33(24(34)32-23-14-29-17(2)12-31-23)9-8-19(16)10-18-4-3-5-20(11-18)35-21-6-7-22(30-13-21)25(26,27)28/h3-7,10-14,16H,8-9,15H2,1-2H3,(H,31,32,34)/b19-10+. The molecule has 4 rings (SSSR count). The predicted octanol–water partition coefficient (Wildman–Crippen LogP) is 5.95. The van der Waals surface area contributed by atoms with Crippen LogP contribution >= 0.6 is 0 Å². The Kier molecular flexibility index (Phi) is 6.99. The number of pyridine rings is 1. The fourth-order valence-electron chi connectivity index (χ4n) is 3.72. The summed E-state index contributed by atoms with van der Waals surface area (Å²) in [6.45, 7) is 5.01. The second kappa shape index (κ2) is 10.1. The van der Waals surface area contributed by atoms with Crippen molar-refractivity contribution in [2.24, 2.45) is 5.92 Å². The van der Waals surface area contributed by atoms with Gasteiger partial charge in [-0.3, -0.25) is 10.3 Å². The van der Waals surface area contributed by atoms with Crippen molar-refractivity contribution in [3.63, 3.8) is 0 Å². The highest BCUT2D eigenvalue weighted by Crippen LogP contribution is 2.30. The molecule has 10 heteroatoms. The van der Waals surface area contributed by atoms with Crippen LogP contribution in [-0.2, 0) is 6.18 Å². The summed E-state index contributed by atoms with van der Waals surface area (Å²) in [5, 5.41) is 2.78. The molecule has 7 nitrogen and oxygen atoms in total. The average molecular weight is 483 g/mol. The lowest BCUT2D eigenvalue weighted by Crippen LogP contribution is -2.42. The molecule has 1 saturated heterocycles. The lowest BCUT2D eigenvalue weighted by Gasteiger charge is -2.33. The Morgan fingerprint density at radius 2 is 1.94 bits per heavy atom. The molecule has 35 heavy (non-hydrogen) atoms. The van der Waals surface area contributed by atoms with E-state index in [2.05, 4.69) is 33.3 Å². The van der Waals surface area contributed by atoms with E-state index in [4.69, 9.17) is 4.74 Å². The van der Waals surface area contributed by atoms with Gasteiger partial charge in [0.25, 0.3) is 0 Å². The van der Waals surface area contributed by atoms with Crippen LogP contribution in [0.25, 0.3) is 6.08 Å². The number of benzene rings is 1. The third-order valence-electron chi connectivity index (χ3n) is 5.57. The van der Waals surface area contributed by atoms with Crippen molar-refractivity contribution in [1.82, 2.24) is 19.9 Å². The van der Waals surface area contributed by atoms with Crippen molar-refractivity contribution in [2.45, 2.75) is 26.4 Å². The number of hydrogen-bond donors (Lipinski definition) is 1. The van der Waals surface area contributed by atoms with Gasteiger partial charge in [0.1, 0.15) is 17.2 Å². The number of ether oxygens (including phenoxy) is 1. The number of nitrogens with zero attached hydrogens (tertiary/aromatic N) is 4. The van der Waals surface area contributed by atoms with Crippen LogP contribution in [0.1, 0.15) is 30.3 Å². The van der Waals surface area contributed by atoms with E-state index >= 15 is 0 Å². The van der Waals surface area contributed by atoms with Gasteiger partial charge in [-0.15, -0.1) is 0 Å². The number of likely N-dealkylation sites (tertiary alicyclic amines) is 1. The summed E-state index contributed by atoms with van der Waals surface area (Å²) < 4.78 is 43.8. The minimum absolute atomic E-state index is 0.141. The number of amides is 2. The van der Waals surface area contributed by atoms with Crippen molar-refractivity contribution in [3.8, 4) is 11.5 Å². The van der Waals surface area contributed by atoms with E-state index in [1.807, 2.05) is 25.1 Å². The first-order valence-electron chi connectivity index (χ1n) is 11.0. The van der Waals surface area contributed by atoms with Crippen LogP contribution in [0.2, 0.25) is 0 Å². The number of aromatic nitrogens is 3. The first-order valence-corrected chi connectivity index (χ1v) is 11.0. The zero-order chi connectivity index (χ0) is 25.0. The maximum Gasteiger partial charge on any atom is 0.433 e. The molecule has 0 bridgehead atoms. The maximum atomic E-state index is 12.7. The van der Waals surface area contributed by atoms with Crippen LogP contribution in [0.3, 0.4) is 0 Å². The van der Waals surface area contributed by atoms with E-state index in [1.54, 1.807) is 17.2 Å². The van der Waals surface area contributed by atoms with Crippen molar-refractivity contribution in [3.05, 3.63) is 77.5 Å². The molecule has 0 aliphatic carbocycles. The number of nitrogens with one attached hydrogen (secondary N) is 1. The summed E-state index contributed by atoms with van der Waals surface area (Å²) in [6, 6.07) is 9.19. The van der Waals surface area contributed by atoms with Gasteiger partial charge in [-0.2, -0.15) is 13.2 Å². The number of carbonyl (C=O) groups excluding carboxylic acids is 1. The Hall–Kier alpha value is -3.95. The third-order valence-corrected chi connectivity index (χ3v) is 5.57. The highest BCUT2D eigenvalue weighted by Gasteiger charge is 2.32. The van der Waals surface area contributed by atoms with E-state index in [-0.39, 0.29) is 17.7 Å². The molecule has 2 aromatic heterocycles. The molecule has 1 aromatic carbocycles. The summed E-state index contributed by atoms with van der Waals surface area (Å²) in [4.78, 5) is 26.1. The van der Waals surface area contributed by atoms with Gasteiger partial charge in [0.15, 0.2) is 5.82 Å². The summed E-state index contributed by atoms with van der Waals surface area (Å²) in [6.07, 6.45) is 2.46. The molecule has 1 N–H and O–H groups in total. The first kappa shape index (κ1) is 24.2. The topological polar surface area (TPSA) is 80.2 Å². The number of halogens is 3. The van der Waals surface area contributed by atoms with Crippen LogP contribution in [0.15, 0.2) is 60.6 Å². The molecule has 0 radical (unpaired) electrons. The van der Waals surface area contributed by atoms with Gasteiger partial charge in [0.2, 0.25) is 0 Å². The molecule has 1 unspecified atom stereocenters. The fraction of sp³-hybridized carbons (Fsp3) is 0.280. The van der Waals surface area contributed by atoms with Gasteiger partial charge in [-0.25, -0.2) is 14.8 Å². The van der Waals surface area contributed by atoms with Gasteiger partial charge < -0.3 is 9.64 Å². The van der Waals surface area contributed by atoms with E-state index in [9.17, 15) is 18.0 Å². The minimum atomic E-state index is -4.49. The number of urea groups is 1. The van der Waals surface area contributed by atoms with E-state index in [0.29, 0.717) is 31.1 Å². The predicted molar refractivity (Wildman–Crippen MR) is 125 cm³/mol. The number of anilines is 1. The van der Waals surface area contributed by atoms with Gasteiger partial charge >= 0.3 is 12.2 Å². The highest BCUT2D eigenvalue weighted by molar-refractivity contribution is 5.88. The summed E-state index contributed by atoms with van der Waals surface area (Å²) in [5.41, 5.74) is 1.90. The van der Waals surface area contributed by atoms with Crippen LogP contribution < -0.4 is 10.1 Å². The zero-order valence-electron chi connectivity index (χ0n) is 19.2. The maximum absolute atomic E-state index is 12.7. The van der Waals surface area contributed by atoms with E-state index < -0.39 is 11.9 Å². The summed E-state index contributed by atoms with van der Waals surface area (Å²) in [5.74, 6) is 1.26. The number of carbonyl (C=O) groups is 1. The number of alkyl halides is 3. The lowest BCUT2D eigenvalue weighted by molar-refractivity contribution is -0.141. The summed E-state index contributed by atoms with van der Waals surface area (Å²) in [7, 11) is 0. The Balaban J connectivity index is 1.38. The van der Waals surface area contributed by atoms with Crippen molar-refractivity contribution >= 4 is 17.9 Å². The van der Waals surface area contributed by atoms with Gasteiger partial charge in [-0.05, 0) is 49.1 Å². The minimum Gasteiger partial charge on any atom is -0.456 e. The molecule has 3 aromatic rings. The smallest absolute Gasteiger partial charge is 0.433 e. The van der Waals surface area contributed by atoms with E-state index in [0.717, 1.165) is 23.5 Å². The Morgan fingerprint density at radius 1 is 1.11 bits per heavy atom. The van der Waals surface area contributed by atoms with Crippen molar-refractivity contribution in [2.75, 3.05) is 18.4 Å². The normalized spacial score (nSPS) is 17.3. The average Bonchev–Trinajstić information content (AvgIpc) is 2.82.